The minimum Gasteiger partial charge on any atom is -0.346 e. The Balaban J connectivity index is 3.35. The summed E-state index contributed by atoms with van der Waals surface area (Å²) in [5.41, 5.74) is 2.99. The number of unbranched alkanes of at least 4 members (excludes halogenated alkanes) is 1. The van der Waals surface area contributed by atoms with E-state index < -0.39 is 5.41 Å². The minimum atomic E-state index is -0.487. The minimum absolute atomic E-state index is 0.109. The fourth-order valence-corrected chi connectivity index (χ4v) is 3.40. The first kappa shape index (κ1) is 20.0. The van der Waals surface area contributed by atoms with Crippen LogP contribution in [0.25, 0.3) is 0 Å². The fraction of sp³-hybridized carbons (Fsp3) is 0.650. The summed E-state index contributed by atoms with van der Waals surface area (Å²) in [5.74, 6) is 0.109. The normalized spacial score (nSPS) is 24.6. The van der Waals surface area contributed by atoms with E-state index in [0.29, 0.717) is 0 Å². The Hall–Kier alpha value is -1.02. The maximum Gasteiger partial charge on any atom is 0.230 e. The van der Waals surface area contributed by atoms with Crippen LogP contribution in [0.15, 0.2) is 33.9 Å². The van der Waals surface area contributed by atoms with Crippen molar-refractivity contribution in [1.29, 1.82) is 0 Å². The van der Waals surface area contributed by atoms with Gasteiger partial charge in [-0.05, 0) is 72.0 Å². The Bertz CT molecular complexity index is 546. The molecule has 1 N–H and O–H groups in total. The Kier molecular flexibility index (Phi) is 6.70. The average molecular weight is 338 g/mol. The lowest BCUT2D eigenvalue weighted by molar-refractivity contribution is -0.130. The SMILES string of the molecule is CCC/C=C1/C(=C(\C)CC/C=C(\C)Cl)C(C)(C)NC(=O)C1(C)C. The van der Waals surface area contributed by atoms with Crippen LogP contribution in [0.1, 0.15) is 74.1 Å². The number of rotatable bonds is 5. The Morgan fingerprint density at radius 3 is 2.30 bits per heavy atom. The second kappa shape index (κ2) is 7.70. The molecule has 2 nitrogen and oxygen atoms in total. The van der Waals surface area contributed by atoms with Gasteiger partial charge in [0, 0.05) is 5.03 Å². The van der Waals surface area contributed by atoms with Gasteiger partial charge in [0.15, 0.2) is 0 Å². The van der Waals surface area contributed by atoms with Crippen LogP contribution in [0.3, 0.4) is 0 Å². The molecule has 3 heteroatoms. The molecule has 1 amide bonds. The summed E-state index contributed by atoms with van der Waals surface area (Å²) in [4.78, 5) is 12.6. The van der Waals surface area contributed by atoms with E-state index in [9.17, 15) is 4.79 Å². The van der Waals surface area contributed by atoms with Crippen LogP contribution in [-0.4, -0.2) is 11.4 Å². The zero-order valence-corrected chi connectivity index (χ0v) is 16.5. The van der Waals surface area contributed by atoms with Crippen molar-refractivity contribution < 1.29 is 4.79 Å². The molecule has 1 aliphatic rings. The lowest BCUT2D eigenvalue weighted by Crippen LogP contribution is -2.57. The van der Waals surface area contributed by atoms with Gasteiger partial charge in [-0.2, -0.15) is 0 Å². The second-order valence-electron chi connectivity index (χ2n) is 7.60. The van der Waals surface area contributed by atoms with Crippen LogP contribution < -0.4 is 5.32 Å². The third-order valence-corrected chi connectivity index (χ3v) is 4.72. The van der Waals surface area contributed by atoms with Gasteiger partial charge < -0.3 is 5.32 Å². The average Bonchev–Trinajstić information content (AvgIpc) is 2.40. The smallest absolute Gasteiger partial charge is 0.230 e. The third-order valence-electron chi connectivity index (χ3n) is 4.57. The van der Waals surface area contributed by atoms with Gasteiger partial charge in [-0.1, -0.05) is 42.7 Å². The van der Waals surface area contributed by atoms with E-state index in [1.807, 2.05) is 20.8 Å². The molecule has 0 aromatic rings. The first-order chi connectivity index (χ1) is 10.5. The number of amides is 1. The highest BCUT2D eigenvalue weighted by Gasteiger charge is 2.45. The summed E-state index contributed by atoms with van der Waals surface area (Å²) >= 11 is 5.94. The van der Waals surface area contributed by atoms with Gasteiger partial charge in [0.25, 0.3) is 0 Å². The van der Waals surface area contributed by atoms with E-state index in [-0.39, 0.29) is 11.4 Å². The first-order valence-corrected chi connectivity index (χ1v) is 8.98. The van der Waals surface area contributed by atoms with Crippen molar-refractivity contribution >= 4 is 17.5 Å². The summed E-state index contributed by atoms with van der Waals surface area (Å²) in [6.45, 7) is 14.5. The van der Waals surface area contributed by atoms with Gasteiger partial charge in [0.2, 0.25) is 5.91 Å². The van der Waals surface area contributed by atoms with Crippen LogP contribution in [0.4, 0.5) is 0 Å². The predicted molar refractivity (Wildman–Crippen MR) is 101 cm³/mol. The summed E-state index contributed by atoms with van der Waals surface area (Å²) in [5, 5.41) is 4.04. The van der Waals surface area contributed by atoms with Crippen molar-refractivity contribution in [3.63, 3.8) is 0 Å². The first-order valence-electron chi connectivity index (χ1n) is 8.60. The van der Waals surface area contributed by atoms with Crippen LogP contribution in [-0.2, 0) is 4.79 Å². The van der Waals surface area contributed by atoms with E-state index in [4.69, 9.17) is 11.6 Å². The van der Waals surface area contributed by atoms with Crippen molar-refractivity contribution in [3.05, 3.63) is 33.9 Å². The summed E-state index contributed by atoms with van der Waals surface area (Å²) in [7, 11) is 0. The van der Waals surface area contributed by atoms with Gasteiger partial charge >= 0.3 is 0 Å². The number of carbonyl (C=O) groups excluding carboxylic acids is 1. The van der Waals surface area contributed by atoms with Gasteiger partial charge in [-0.25, -0.2) is 0 Å². The van der Waals surface area contributed by atoms with E-state index in [1.54, 1.807) is 0 Å². The zero-order valence-electron chi connectivity index (χ0n) is 15.8. The van der Waals surface area contributed by atoms with Gasteiger partial charge in [0.05, 0.1) is 11.0 Å². The van der Waals surface area contributed by atoms with Gasteiger partial charge in [-0.15, -0.1) is 0 Å². The maximum atomic E-state index is 12.6. The molecule has 0 aliphatic carbocycles. The van der Waals surface area contributed by atoms with Crippen molar-refractivity contribution in [3.8, 4) is 0 Å². The molecule has 1 fully saturated rings. The molecular formula is C20H32ClNO. The molecule has 1 rings (SSSR count). The largest absolute Gasteiger partial charge is 0.346 e. The van der Waals surface area contributed by atoms with Crippen molar-refractivity contribution in [2.75, 3.05) is 0 Å². The van der Waals surface area contributed by atoms with Crippen molar-refractivity contribution in [2.45, 2.75) is 79.7 Å². The molecule has 0 saturated carbocycles. The Morgan fingerprint density at radius 2 is 1.78 bits per heavy atom. The van der Waals surface area contributed by atoms with E-state index in [0.717, 1.165) is 30.7 Å². The third kappa shape index (κ3) is 4.73. The number of nitrogens with one attached hydrogen (secondary N) is 1. The summed E-state index contributed by atoms with van der Waals surface area (Å²) in [6, 6.07) is 0. The molecule has 23 heavy (non-hydrogen) atoms. The predicted octanol–water partition coefficient (Wildman–Crippen LogP) is 5.89. The summed E-state index contributed by atoms with van der Waals surface area (Å²) in [6.07, 6.45) is 8.29. The number of hydrogen-bond donors (Lipinski definition) is 1. The molecule has 0 atom stereocenters. The number of allylic oxidation sites excluding steroid dienone is 4. The van der Waals surface area contributed by atoms with Crippen molar-refractivity contribution in [2.24, 2.45) is 5.41 Å². The van der Waals surface area contributed by atoms with Crippen LogP contribution in [0.2, 0.25) is 0 Å². The van der Waals surface area contributed by atoms with E-state index in [1.165, 1.54) is 16.7 Å². The topological polar surface area (TPSA) is 29.1 Å². The highest BCUT2D eigenvalue weighted by Crippen LogP contribution is 2.44. The standard InChI is InChI=1S/C20H32ClNO/c1-8-9-13-16-17(14(2)11-10-12-15(3)21)20(6,7)22-18(23)19(16,4)5/h12-13H,8-11H2,1-7H3,(H,22,23)/b15-12+,16-13-,17-14-. The number of halogens is 1. The lowest BCUT2D eigenvalue weighted by atomic mass is 9.67. The molecule has 0 radical (unpaired) electrons. The molecule has 0 bridgehead atoms. The highest BCUT2D eigenvalue weighted by atomic mass is 35.5. The zero-order chi connectivity index (χ0) is 17.8. The molecule has 130 valence electrons. The molecule has 0 spiro atoms. The molecule has 1 saturated heterocycles. The van der Waals surface area contributed by atoms with Crippen LogP contribution in [0.5, 0.6) is 0 Å². The molecule has 1 aliphatic heterocycles. The monoisotopic (exact) mass is 337 g/mol. The number of carbonyl (C=O) groups is 1. The molecular weight excluding hydrogens is 306 g/mol. The lowest BCUT2D eigenvalue weighted by Gasteiger charge is -2.45. The molecule has 0 unspecified atom stereocenters. The van der Waals surface area contributed by atoms with E-state index >= 15 is 0 Å². The fourth-order valence-electron chi connectivity index (χ4n) is 3.30. The van der Waals surface area contributed by atoms with Gasteiger partial charge in [-0.3, -0.25) is 4.79 Å². The van der Waals surface area contributed by atoms with Gasteiger partial charge in [0.1, 0.15) is 0 Å². The molecule has 1 heterocycles. The molecule has 0 aromatic heterocycles. The molecule has 0 aromatic carbocycles. The van der Waals surface area contributed by atoms with E-state index in [2.05, 4.69) is 45.2 Å². The highest BCUT2D eigenvalue weighted by molar-refractivity contribution is 6.29. The maximum absolute atomic E-state index is 12.6. The second-order valence-corrected chi connectivity index (χ2v) is 8.19. The summed E-state index contributed by atoms with van der Waals surface area (Å²) < 4.78 is 0. The number of piperidine rings is 1. The number of hydrogen-bond acceptors (Lipinski definition) is 1. The Morgan fingerprint density at radius 1 is 1.17 bits per heavy atom. The van der Waals surface area contributed by atoms with Crippen LogP contribution in [0, 0.1) is 5.41 Å². The Labute approximate surface area is 147 Å². The van der Waals surface area contributed by atoms with Crippen LogP contribution >= 0.6 is 11.6 Å². The van der Waals surface area contributed by atoms with Crippen molar-refractivity contribution in [1.82, 2.24) is 5.32 Å². The quantitative estimate of drug-likeness (QED) is 0.666.